The van der Waals surface area contributed by atoms with Gasteiger partial charge in [-0.1, -0.05) is 13.5 Å². The van der Waals surface area contributed by atoms with E-state index in [1.807, 2.05) is 0 Å². The first-order valence-electron chi connectivity index (χ1n) is 6.26. The lowest BCUT2D eigenvalue weighted by molar-refractivity contribution is -0.500. The molecule has 0 aliphatic heterocycles. The lowest BCUT2D eigenvalue weighted by Gasteiger charge is -2.35. The maximum Gasteiger partial charge on any atom is 0.430 e. The predicted molar refractivity (Wildman–Crippen MR) is 68.4 cm³/mol. The van der Waals surface area contributed by atoms with Gasteiger partial charge in [-0.25, -0.2) is 9.68 Å². The molecule has 14 heteroatoms. The van der Waals surface area contributed by atoms with Crippen LogP contribution in [0.1, 0.15) is 20.3 Å². The van der Waals surface area contributed by atoms with E-state index in [4.69, 9.17) is 4.55 Å². The predicted octanol–water partition coefficient (Wildman–Crippen LogP) is 2.54. The molecule has 0 aromatic carbocycles. The van der Waals surface area contributed by atoms with Gasteiger partial charge in [-0.05, 0) is 6.92 Å². The molecule has 0 spiro atoms. The van der Waals surface area contributed by atoms with Gasteiger partial charge in [0.25, 0.3) is 10.1 Å². The van der Waals surface area contributed by atoms with Crippen LogP contribution in [0.5, 0.6) is 0 Å². The normalized spacial score (nSPS) is 14.9. The van der Waals surface area contributed by atoms with Crippen molar-refractivity contribution < 1.29 is 58.6 Å². The van der Waals surface area contributed by atoms with Crippen molar-refractivity contribution in [1.29, 1.82) is 0 Å². The van der Waals surface area contributed by atoms with E-state index in [1.54, 1.807) is 0 Å². The van der Waals surface area contributed by atoms with Crippen LogP contribution < -0.4 is 0 Å². The highest BCUT2D eigenvalue weighted by atomic mass is 32.2. The summed E-state index contributed by atoms with van der Waals surface area (Å²) in [5.74, 6) is -4.12. The second-order valence-corrected chi connectivity index (χ2v) is 6.20. The molecule has 7 nitrogen and oxygen atoms in total. The Morgan fingerprint density at radius 2 is 1.60 bits per heavy atom. The van der Waals surface area contributed by atoms with E-state index in [0.29, 0.717) is 0 Å². The van der Waals surface area contributed by atoms with Crippen LogP contribution in [0.2, 0.25) is 0 Å². The van der Waals surface area contributed by atoms with E-state index in [9.17, 15) is 39.6 Å². The van der Waals surface area contributed by atoms with Gasteiger partial charge in [-0.15, -0.1) is 0 Å². The van der Waals surface area contributed by atoms with Gasteiger partial charge in [0.1, 0.15) is 5.75 Å². The summed E-state index contributed by atoms with van der Waals surface area (Å²) < 4.78 is 112. The highest BCUT2D eigenvalue weighted by Crippen LogP contribution is 2.47. The largest absolute Gasteiger partial charge is 0.430 e. The summed E-state index contributed by atoms with van der Waals surface area (Å²) in [5, 5.41) is 0. The second-order valence-electron chi connectivity index (χ2n) is 4.75. The van der Waals surface area contributed by atoms with Gasteiger partial charge in [0, 0.05) is 12.0 Å². The summed E-state index contributed by atoms with van der Waals surface area (Å²) in [7, 11) is -5.81. The summed E-state index contributed by atoms with van der Waals surface area (Å²) in [6, 6.07) is 0. The van der Waals surface area contributed by atoms with Crippen molar-refractivity contribution in [2.75, 3.05) is 5.75 Å². The molecule has 0 heterocycles. The number of halogens is 6. The second kappa shape index (κ2) is 7.88. The SMILES string of the molecule is C=C(C)C(=O)O[C@H](CC)OOC(CS(=O)(=O)O)(C(F)(F)F)C(F)(F)F. The van der Waals surface area contributed by atoms with E-state index in [0.717, 1.165) is 13.8 Å². The molecule has 0 aliphatic carbocycles. The number of hydrogen-bond donors (Lipinski definition) is 1. The zero-order valence-corrected chi connectivity index (χ0v) is 13.6. The van der Waals surface area contributed by atoms with Gasteiger partial charge in [0.05, 0.1) is 0 Å². The molecule has 148 valence electrons. The molecular weight excluding hydrogens is 390 g/mol. The van der Waals surface area contributed by atoms with Crippen LogP contribution in [0.25, 0.3) is 0 Å². The Bertz CT molecular complexity index is 581. The molecule has 1 atom stereocenters. The highest BCUT2D eigenvalue weighted by molar-refractivity contribution is 7.85. The summed E-state index contributed by atoms with van der Waals surface area (Å²) >= 11 is 0. The number of hydrogen-bond acceptors (Lipinski definition) is 6. The van der Waals surface area contributed by atoms with E-state index in [2.05, 4.69) is 21.1 Å². The fraction of sp³-hybridized carbons (Fsp3) is 0.727. The lowest BCUT2D eigenvalue weighted by atomic mass is 10.1. The number of alkyl halides is 6. The third-order valence-corrected chi connectivity index (χ3v) is 3.29. The van der Waals surface area contributed by atoms with Gasteiger partial charge >= 0.3 is 23.9 Å². The average molecular weight is 404 g/mol. The zero-order valence-electron chi connectivity index (χ0n) is 12.8. The Labute approximate surface area is 138 Å². The minimum atomic E-state index is -6.35. The van der Waals surface area contributed by atoms with Gasteiger partial charge in [0.2, 0.25) is 6.29 Å². The van der Waals surface area contributed by atoms with Gasteiger partial charge in [-0.3, -0.25) is 4.55 Å². The van der Waals surface area contributed by atoms with Crippen molar-refractivity contribution in [3.8, 4) is 0 Å². The number of ether oxygens (including phenoxy) is 1. The third kappa shape index (κ3) is 6.45. The zero-order chi connectivity index (χ0) is 20.3. The molecule has 0 aromatic heterocycles. The van der Waals surface area contributed by atoms with Crippen LogP contribution >= 0.6 is 0 Å². The molecular formula is C11H14F6O7S. The Morgan fingerprint density at radius 3 is 1.88 bits per heavy atom. The van der Waals surface area contributed by atoms with Crippen molar-refractivity contribution >= 4 is 16.1 Å². The number of esters is 1. The monoisotopic (exact) mass is 404 g/mol. The molecule has 0 rings (SSSR count). The van der Waals surface area contributed by atoms with E-state index >= 15 is 0 Å². The molecule has 0 unspecified atom stereocenters. The molecule has 0 aromatic rings. The van der Waals surface area contributed by atoms with Crippen LogP contribution in [0.3, 0.4) is 0 Å². The van der Waals surface area contributed by atoms with Crippen LogP contribution in [0.15, 0.2) is 12.2 Å². The lowest BCUT2D eigenvalue weighted by Crippen LogP contribution is -2.63. The fourth-order valence-electron chi connectivity index (χ4n) is 1.23. The van der Waals surface area contributed by atoms with Crippen molar-refractivity contribution in [1.82, 2.24) is 0 Å². The molecule has 1 N–H and O–H groups in total. The number of carbonyl (C=O) groups excluding carboxylic acids is 1. The summed E-state index contributed by atoms with van der Waals surface area (Å²) in [6.07, 6.45) is -15.2. The Balaban J connectivity index is 5.71. The molecule has 0 aliphatic rings. The first kappa shape index (κ1) is 23.6. The Kier molecular flexibility index (Phi) is 7.45. The molecule has 25 heavy (non-hydrogen) atoms. The first-order valence-corrected chi connectivity index (χ1v) is 7.87. The molecule has 0 fully saturated rings. The molecule has 0 amide bonds. The highest BCUT2D eigenvalue weighted by Gasteiger charge is 2.75. The van der Waals surface area contributed by atoms with Crippen molar-refractivity contribution in [2.24, 2.45) is 0 Å². The standard InChI is InChI=1S/C11H14F6O7S/c1-4-7(22-8(18)6(2)3)23-24-9(10(12,13)14,11(15,16)17)5-25(19,20)21/h7H,2,4-5H2,1,3H3,(H,19,20,21)/t7-/m0/s1. The van der Waals surface area contributed by atoms with Gasteiger partial charge in [-0.2, -0.15) is 39.6 Å². The van der Waals surface area contributed by atoms with Crippen molar-refractivity contribution in [3.05, 3.63) is 12.2 Å². The van der Waals surface area contributed by atoms with E-state index in [1.165, 1.54) is 0 Å². The smallest absolute Gasteiger partial charge is 0.430 e. The first-order chi connectivity index (χ1) is 11.0. The van der Waals surface area contributed by atoms with Crippen LogP contribution in [0.4, 0.5) is 26.3 Å². The number of carbonyl (C=O) groups is 1. The summed E-state index contributed by atoms with van der Waals surface area (Å²) in [6.45, 7) is 5.44. The Hall–Kier alpha value is -1.38. The van der Waals surface area contributed by atoms with Crippen LogP contribution in [-0.4, -0.2) is 48.9 Å². The van der Waals surface area contributed by atoms with Crippen LogP contribution in [0, 0.1) is 0 Å². The maximum atomic E-state index is 12.9. The minimum Gasteiger partial charge on any atom is -0.430 e. The topological polar surface area (TPSA) is 99.1 Å². The molecule has 0 saturated heterocycles. The van der Waals surface area contributed by atoms with Crippen molar-refractivity contribution in [2.45, 2.75) is 44.5 Å². The van der Waals surface area contributed by atoms with Gasteiger partial charge in [0.15, 0.2) is 0 Å². The van der Waals surface area contributed by atoms with Crippen molar-refractivity contribution in [3.63, 3.8) is 0 Å². The molecule has 0 radical (unpaired) electrons. The third-order valence-electron chi connectivity index (χ3n) is 2.52. The quantitative estimate of drug-likeness (QED) is 0.126. The molecule has 0 saturated carbocycles. The van der Waals surface area contributed by atoms with Gasteiger partial charge < -0.3 is 4.74 Å². The summed E-state index contributed by atoms with van der Waals surface area (Å²) in [5.41, 5.74) is -5.64. The van der Waals surface area contributed by atoms with Crippen LogP contribution in [-0.2, 0) is 29.4 Å². The number of rotatable bonds is 8. The average Bonchev–Trinajstić information content (AvgIpc) is 2.37. The maximum absolute atomic E-state index is 12.9. The fourth-order valence-corrected chi connectivity index (χ4v) is 2.12. The van der Waals surface area contributed by atoms with E-state index < -0.39 is 52.5 Å². The Morgan fingerprint density at radius 1 is 1.16 bits per heavy atom. The molecule has 0 bridgehead atoms. The van der Waals surface area contributed by atoms with E-state index in [-0.39, 0.29) is 5.57 Å². The minimum absolute atomic E-state index is 0.238. The summed E-state index contributed by atoms with van der Waals surface area (Å²) in [4.78, 5) is 18.5.